The van der Waals surface area contributed by atoms with E-state index in [1.54, 1.807) is 48.5 Å². The minimum absolute atomic E-state index is 0.0929. The van der Waals surface area contributed by atoms with Gasteiger partial charge >= 0.3 is 6.03 Å². The number of fused-ring (bicyclic) bond motifs is 1. The van der Waals surface area contributed by atoms with Gasteiger partial charge in [-0.15, -0.1) is 0 Å². The number of carbonyl (C=O) groups excluding carboxylic acids is 2. The maximum atomic E-state index is 13.2. The number of nitrogens with one attached hydrogen (secondary N) is 2. The van der Waals surface area contributed by atoms with E-state index in [1.165, 1.54) is 4.57 Å². The van der Waals surface area contributed by atoms with Crippen LogP contribution < -0.4 is 16.2 Å². The Kier molecular flexibility index (Phi) is 7.12. The van der Waals surface area contributed by atoms with E-state index in [0.29, 0.717) is 33.3 Å². The number of rotatable bonds is 6. The maximum absolute atomic E-state index is 13.2. The second-order valence-corrected chi connectivity index (χ2v) is 8.29. The molecular formula is C21H21ClN4O3S. The predicted octanol–water partition coefficient (Wildman–Crippen LogP) is 3.61. The summed E-state index contributed by atoms with van der Waals surface area (Å²) < 4.78 is 1.39. The molecule has 3 rings (SSSR count). The number of amides is 3. The van der Waals surface area contributed by atoms with Crippen molar-refractivity contribution in [2.24, 2.45) is 5.92 Å². The van der Waals surface area contributed by atoms with Crippen LogP contribution >= 0.6 is 23.4 Å². The van der Waals surface area contributed by atoms with Gasteiger partial charge in [-0.25, -0.2) is 9.78 Å². The molecule has 9 heteroatoms. The van der Waals surface area contributed by atoms with E-state index >= 15 is 0 Å². The first-order valence-corrected chi connectivity index (χ1v) is 10.7. The molecule has 0 aliphatic heterocycles. The van der Waals surface area contributed by atoms with Crippen LogP contribution in [0, 0.1) is 5.92 Å². The number of halogens is 1. The summed E-state index contributed by atoms with van der Waals surface area (Å²) in [7, 11) is 0. The third kappa shape index (κ3) is 5.20. The Bertz CT molecular complexity index is 1150. The summed E-state index contributed by atoms with van der Waals surface area (Å²) >= 11 is 7.37. The van der Waals surface area contributed by atoms with Crippen molar-refractivity contribution in [1.82, 2.24) is 20.2 Å². The average Bonchev–Trinajstić information content (AvgIpc) is 2.72. The Morgan fingerprint density at radius 2 is 1.83 bits per heavy atom. The van der Waals surface area contributed by atoms with Gasteiger partial charge in [0.2, 0.25) is 5.91 Å². The fourth-order valence-corrected chi connectivity index (χ4v) is 3.71. The van der Waals surface area contributed by atoms with Gasteiger partial charge in [0.1, 0.15) is 0 Å². The van der Waals surface area contributed by atoms with Gasteiger partial charge in [0.15, 0.2) is 5.16 Å². The lowest BCUT2D eigenvalue weighted by Gasteiger charge is -2.14. The molecule has 0 spiro atoms. The van der Waals surface area contributed by atoms with E-state index < -0.39 is 11.9 Å². The number of para-hydroxylation sites is 2. The Labute approximate surface area is 182 Å². The van der Waals surface area contributed by atoms with Gasteiger partial charge in [-0.2, -0.15) is 0 Å². The van der Waals surface area contributed by atoms with Gasteiger partial charge in [-0.05, 0) is 30.2 Å². The Morgan fingerprint density at radius 1 is 1.13 bits per heavy atom. The number of urea groups is 1. The highest BCUT2D eigenvalue weighted by atomic mass is 35.5. The van der Waals surface area contributed by atoms with Gasteiger partial charge in [-0.3, -0.25) is 19.5 Å². The van der Waals surface area contributed by atoms with Crippen molar-refractivity contribution in [2.75, 3.05) is 12.3 Å². The molecule has 0 saturated heterocycles. The molecule has 1 heterocycles. The Morgan fingerprint density at radius 3 is 2.57 bits per heavy atom. The smallest absolute Gasteiger partial charge is 0.321 e. The van der Waals surface area contributed by atoms with Gasteiger partial charge in [0.05, 0.1) is 27.4 Å². The lowest BCUT2D eigenvalue weighted by molar-refractivity contribution is -0.117. The van der Waals surface area contributed by atoms with Crippen LogP contribution in [-0.4, -0.2) is 33.8 Å². The summed E-state index contributed by atoms with van der Waals surface area (Å²) in [5, 5.41) is 6.04. The van der Waals surface area contributed by atoms with Crippen LogP contribution in [0.4, 0.5) is 4.79 Å². The topological polar surface area (TPSA) is 93.1 Å². The minimum Gasteiger partial charge on any atom is -0.338 e. The number of carbonyl (C=O) groups is 2. The molecule has 0 saturated carbocycles. The second-order valence-electron chi connectivity index (χ2n) is 6.94. The molecule has 0 bridgehead atoms. The van der Waals surface area contributed by atoms with Crippen LogP contribution in [0.3, 0.4) is 0 Å². The molecule has 3 aromatic rings. The Hall–Kier alpha value is -2.84. The fraction of sp³-hybridized carbons (Fsp3) is 0.238. The summed E-state index contributed by atoms with van der Waals surface area (Å²) in [6.07, 6.45) is 0. The minimum atomic E-state index is -0.552. The van der Waals surface area contributed by atoms with E-state index in [0.717, 1.165) is 11.8 Å². The van der Waals surface area contributed by atoms with Crippen LogP contribution in [0.1, 0.15) is 13.8 Å². The molecule has 0 aliphatic carbocycles. The van der Waals surface area contributed by atoms with E-state index in [1.807, 2.05) is 13.8 Å². The van der Waals surface area contributed by atoms with Gasteiger partial charge in [0, 0.05) is 6.54 Å². The molecule has 0 fully saturated rings. The van der Waals surface area contributed by atoms with Crippen LogP contribution in [-0.2, 0) is 4.79 Å². The largest absolute Gasteiger partial charge is 0.338 e. The number of hydrogen-bond donors (Lipinski definition) is 2. The number of benzene rings is 2. The maximum Gasteiger partial charge on any atom is 0.321 e. The molecule has 156 valence electrons. The average molecular weight is 445 g/mol. The zero-order chi connectivity index (χ0) is 21.7. The Balaban J connectivity index is 1.89. The normalized spacial score (nSPS) is 10.9. The zero-order valence-electron chi connectivity index (χ0n) is 16.5. The third-order valence-electron chi connectivity index (χ3n) is 4.09. The van der Waals surface area contributed by atoms with Crippen LogP contribution in [0.2, 0.25) is 5.02 Å². The molecule has 2 N–H and O–H groups in total. The summed E-state index contributed by atoms with van der Waals surface area (Å²) in [6, 6.07) is 13.3. The molecule has 0 atom stereocenters. The molecule has 0 unspecified atom stereocenters. The molecule has 7 nitrogen and oxygen atoms in total. The fourth-order valence-electron chi connectivity index (χ4n) is 2.69. The van der Waals surface area contributed by atoms with Crippen LogP contribution in [0.25, 0.3) is 16.6 Å². The van der Waals surface area contributed by atoms with Crippen LogP contribution in [0.15, 0.2) is 58.5 Å². The first kappa shape index (κ1) is 21.9. The monoisotopic (exact) mass is 444 g/mol. The first-order valence-electron chi connectivity index (χ1n) is 9.34. The number of imide groups is 1. The summed E-state index contributed by atoms with van der Waals surface area (Å²) in [5.41, 5.74) is 0.703. The van der Waals surface area contributed by atoms with Gasteiger partial charge < -0.3 is 5.32 Å². The highest BCUT2D eigenvalue weighted by Crippen LogP contribution is 2.25. The molecule has 0 aliphatic rings. The SMILES string of the molecule is CC(C)CNC(=O)NC(=O)CSc1nc2ccccc2c(=O)n1-c1ccccc1Cl. The van der Waals surface area contributed by atoms with E-state index in [2.05, 4.69) is 15.6 Å². The molecule has 30 heavy (non-hydrogen) atoms. The predicted molar refractivity (Wildman–Crippen MR) is 119 cm³/mol. The van der Waals surface area contributed by atoms with E-state index in [9.17, 15) is 14.4 Å². The van der Waals surface area contributed by atoms with Gasteiger partial charge in [-0.1, -0.05) is 61.5 Å². The number of thioether (sulfide) groups is 1. The second kappa shape index (κ2) is 9.77. The lowest BCUT2D eigenvalue weighted by Crippen LogP contribution is -2.41. The zero-order valence-corrected chi connectivity index (χ0v) is 18.1. The summed E-state index contributed by atoms with van der Waals surface area (Å²) in [6.45, 7) is 4.37. The van der Waals surface area contributed by atoms with Gasteiger partial charge in [0.25, 0.3) is 5.56 Å². The first-order chi connectivity index (χ1) is 14.4. The molecule has 1 aromatic heterocycles. The van der Waals surface area contributed by atoms with Crippen molar-refractivity contribution < 1.29 is 9.59 Å². The lowest BCUT2D eigenvalue weighted by atomic mass is 10.2. The molecule has 3 amide bonds. The number of hydrogen-bond acceptors (Lipinski definition) is 5. The van der Waals surface area contributed by atoms with Crippen molar-refractivity contribution >= 4 is 46.2 Å². The van der Waals surface area contributed by atoms with E-state index in [-0.39, 0.29) is 17.2 Å². The third-order valence-corrected chi connectivity index (χ3v) is 5.35. The summed E-state index contributed by atoms with van der Waals surface area (Å²) in [4.78, 5) is 41.7. The quantitative estimate of drug-likeness (QED) is 0.447. The van der Waals surface area contributed by atoms with Crippen molar-refractivity contribution in [3.05, 3.63) is 63.9 Å². The van der Waals surface area contributed by atoms with Crippen molar-refractivity contribution in [3.8, 4) is 5.69 Å². The molecule has 0 radical (unpaired) electrons. The van der Waals surface area contributed by atoms with Crippen molar-refractivity contribution in [3.63, 3.8) is 0 Å². The highest BCUT2D eigenvalue weighted by Gasteiger charge is 2.17. The van der Waals surface area contributed by atoms with Crippen molar-refractivity contribution in [1.29, 1.82) is 0 Å². The van der Waals surface area contributed by atoms with Crippen molar-refractivity contribution in [2.45, 2.75) is 19.0 Å². The number of aromatic nitrogens is 2. The number of nitrogens with zero attached hydrogens (tertiary/aromatic N) is 2. The standard InChI is InChI=1S/C21H21ClN4O3S/c1-13(2)11-23-20(29)25-18(27)12-30-21-24-16-9-5-3-7-14(16)19(28)26(21)17-10-6-4-8-15(17)22/h3-10,13H,11-12H2,1-2H3,(H2,23,25,27,29). The molecular weight excluding hydrogens is 424 g/mol. The molecule has 2 aromatic carbocycles. The highest BCUT2D eigenvalue weighted by molar-refractivity contribution is 7.99. The van der Waals surface area contributed by atoms with E-state index in [4.69, 9.17) is 11.6 Å². The van der Waals surface area contributed by atoms with Crippen LogP contribution in [0.5, 0.6) is 0 Å². The summed E-state index contributed by atoms with van der Waals surface area (Å²) in [5.74, 6) is -0.314.